The van der Waals surface area contributed by atoms with Crippen molar-refractivity contribution in [2.45, 2.75) is 38.0 Å². The van der Waals surface area contributed by atoms with Gasteiger partial charge in [-0.25, -0.2) is 0 Å². The van der Waals surface area contributed by atoms with Gasteiger partial charge in [-0.1, -0.05) is 42.6 Å². The lowest BCUT2D eigenvalue weighted by Crippen LogP contribution is -2.38. The second-order valence-corrected chi connectivity index (χ2v) is 7.04. The van der Waals surface area contributed by atoms with Crippen molar-refractivity contribution in [2.75, 3.05) is 5.32 Å². The summed E-state index contributed by atoms with van der Waals surface area (Å²) in [4.78, 5) is 24.3. The molecular weight excluding hydrogens is 364 g/mol. The Morgan fingerprint density at radius 2 is 1.89 bits per heavy atom. The maximum atomic E-state index is 13.3. The van der Waals surface area contributed by atoms with Crippen molar-refractivity contribution < 1.29 is 14.3 Å². The third-order valence-electron chi connectivity index (χ3n) is 4.90. The van der Waals surface area contributed by atoms with Crippen LogP contribution in [0.15, 0.2) is 42.5 Å². The first-order valence-corrected chi connectivity index (χ1v) is 9.13. The third-order valence-corrected chi connectivity index (χ3v) is 5.23. The van der Waals surface area contributed by atoms with E-state index < -0.39 is 11.4 Å². The Kier molecular flexibility index (Phi) is 5.48. The summed E-state index contributed by atoms with van der Waals surface area (Å²) in [6.07, 6.45) is 3.29. The molecule has 0 atom stereocenters. The molecule has 27 heavy (non-hydrogen) atoms. The Labute approximate surface area is 162 Å². The van der Waals surface area contributed by atoms with Crippen molar-refractivity contribution in [3.63, 3.8) is 0 Å². The van der Waals surface area contributed by atoms with Crippen LogP contribution in [0.1, 0.15) is 43.7 Å². The molecule has 5 nitrogen and oxygen atoms in total. The number of halogens is 1. The fourth-order valence-corrected chi connectivity index (χ4v) is 3.96. The number of benzene rings is 2. The molecule has 1 fully saturated rings. The highest BCUT2D eigenvalue weighted by atomic mass is 35.5. The van der Waals surface area contributed by atoms with Crippen molar-refractivity contribution >= 4 is 29.2 Å². The summed E-state index contributed by atoms with van der Waals surface area (Å²) in [5, 5.41) is 12.9. The monoisotopic (exact) mass is 382 g/mol. The van der Waals surface area contributed by atoms with Gasteiger partial charge in [0, 0.05) is 18.0 Å². The van der Waals surface area contributed by atoms with E-state index in [1.54, 1.807) is 18.2 Å². The predicted octanol–water partition coefficient (Wildman–Crippen LogP) is 4.59. The van der Waals surface area contributed by atoms with Gasteiger partial charge in [0.1, 0.15) is 11.8 Å². The zero-order chi connectivity index (χ0) is 19.4. The average molecular weight is 383 g/mol. The first-order valence-electron chi connectivity index (χ1n) is 8.75. The van der Waals surface area contributed by atoms with Crippen LogP contribution in [0.25, 0.3) is 0 Å². The van der Waals surface area contributed by atoms with Crippen LogP contribution < -0.4 is 10.1 Å². The molecule has 1 saturated carbocycles. The maximum absolute atomic E-state index is 13.3. The van der Waals surface area contributed by atoms with Crippen LogP contribution >= 0.6 is 11.6 Å². The van der Waals surface area contributed by atoms with Crippen LogP contribution in [0.5, 0.6) is 5.75 Å². The number of amides is 1. The summed E-state index contributed by atoms with van der Waals surface area (Å²) in [5.41, 5.74) is 0.724. The van der Waals surface area contributed by atoms with E-state index in [0.29, 0.717) is 23.6 Å². The molecule has 0 heterocycles. The quantitative estimate of drug-likeness (QED) is 0.619. The van der Waals surface area contributed by atoms with Crippen LogP contribution in [0.3, 0.4) is 0 Å². The van der Waals surface area contributed by atoms with Crippen molar-refractivity contribution in [1.29, 1.82) is 5.26 Å². The van der Waals surface area contributed by atoms with Crippen molar-refractivity contribution in [2.24, 2.45) is 0 Å². The van der Waals surface area contributed by atoms with Gasteiger partial charge in [-0.05, 0) is 36.6 Å². The van der Waals surface area contributed by atoms with E-state index in [1.165, 1.54) is 13.0 Å². The number of esters is 1. The van der Waals surface area contributed by atoms with Crippen LogP contribution in [-0.4, -0.2) is 11.9 Å². The Balaban J connectivity index is 1.93. The lowest BCUT2D eigenvalue weighted by atomic mass is 9.78. The molecule has 0 saturated heterocycles. The lowest BCUT2D eigenvalue weighted by molar-refractivity contribution is -0.131. The SMILES string of the molecule is CC(=O)Oc1ccc(NC(=O)C2(c3ccccc3Cl)CCCC2)c(C#N)c1. The largest absolute Gasteiger partial charge is 0.427 e. The number of carbonyl (C=O) groups excluding carboxylic acids is 2. The molecule has 6 heteroatoms. The van der Waals surface area contributed by atoms with E-state index in [1.807, 2.05) is 24.3 Å². The molecular formula is C21H19ClN2O3. The minimum atomic E-state index is -0.709. The number of nitrogens with one attached hydrogen (secondary N) is 1. The number of nitriles is 1. The van der Waals surface area contributed by atoms with Crippen molar-refractivity contribution in [3.8, 4) is 11.8 Å². The van der Waals surface area contributed by atoms with Gasteiger partial charge < -0.3 is 10.1 Å². The van der Waals surface area contributed by atoms with Gasteiger partial charge in [-0.3, -0.25) is 9.59 Å². The van der Waals surface area contributed by atoms with Crippen molar-refractivity contribution in [1.82, 2.24) is 0 Å². The number of hydrogen-bond acceptors (Lipinski definition) is 4. The highest BCUT2D eigenvalue weighted by Crippen LogP contribution is 2.44. The van der Waals surface area contributed by atoms with E-state index in [2.05, 4.69) is 5.32 Å². The second-order valence-electron chi connectivity index (χ2n) is 6.64. The highest BCUT2D eigenvalue weighted by molar-refractivity contribution is 6.32. The molecule has 2 aromatic rings. The van der Waals surface area contributed by atoms with Crippen LogP contribution in [0.2, 0.25) is 5.02 Å². The van der Waals surface area contributed by atoms with Gasteiger partial charge in [0.15, 0.2) is 0 Å². The summed E-state index contributed by atoms with van der Waals surface area (Å²) in [5.74, 6) is -0.386. The summed E-state index contributed by atoms with van der Waals surface area (Å²) in [7, 11) is 0. The Bertz CT molecular complexity index is 927. The minimum absolute atomic E-state index is 0.176. The molecule has 138 valence electrons. The van der Waals surface area contributed by atoms with E-state index in [0.717, 1.165) is 18.4 Å². The van der Waals surface area contributed by atoms with Crippen LogP contribution in [0.4, 0.5) is 5.69 Å². The van der Waals surface area contributed by atoms with Crippen LogP contribution in [-0.2, 0) is 15.0 Å². The highest BCUT2D eigenvalue weighted by Gasteiger charge is 2.44. The van der Waals surface area contributed by atoms with Gasteiger partial charge in [-0.2, -0.15) is 5.26 Å². The fraction of sp³-hybridized carbons (Fsp3) is 0.286. The molecule has 0 aliphatic heterocycles. The lowest BCUT2D eigenvalue weighted by Gasteiger charge is -2.29. The standard InChI is InChI=1S/C21H19ClN2O3/c1-14(25)27-16-8-9-19(15(12-16)13-23)24-20(26)21(10-4-5-11-21)17-6-2-3-7-18(17)22/h2-3,6-9,12H,4-5,10-11H2,1H3,(H,24,26). The normalized spacial score (nSPS) is 15.0. The molecule has 0 radical (unpaired) electrons. The molecule has 1 N–H and O–H groups in total. The van der Waals surface area contributed by atoms with Gasteiger partial charge >= 0.3 is 5.97 Å². The van der Waals surface area contributed by atoms with Gasteiger partial charge in [-0.15, -0.1) is 0 Å². The number of ether oxygens (including phenoxy) is 1. The summed E-state index contributed by atoms with van der Waals surface area (Å²) in [6.45, 7) is 1.29. The zero-order valence-corrected chi connectivity index (χ0v) is 15.7. The van der Waals surface area contributed by atoms with Crippen LogP contribution in [0, 0.1) is 11.3 Å². The Morgan fingerprint density at radius 1 is 1.19 bits per heavy atom. The number of rotatable bonds is 4. The molecule has 1 amide bonds. The fourth-order valence-electron chi connectivity index (χ4n) is 3.64. The molecule has 1 aliphatic carbocycles. The predicted molar refractivity (Wildman–Crippen MR) is 103 cm³/mol. The van der Waals surface area contributed by atoms with E-state index in [4.69, 9.17) is 16.3 Å². The number of carbonyl (C=O) groups is 2. The van der Waals surface area contributed by atoms with E-state index in [9.17, 15) is 14.9 Å². The molecule has 3 rings (SSSR count). The van der Waals surface area contributed by atoms with Crippen molar-refractivity contribution in [3.05, 3.63) is 58.6 Å². The molecule has 0 aromatic heterocycles. The minimum Gasteiger partial charge on any atom is -0.427 e. The molecule has 1 aliphatic rings. The zero-order valence-electron chi connectivity index (χ0n) is 14.9. The Hall–Kier alpha value is -2.84. The second kappa shape index (κ2) is 7.81. The number of anilines is 1. The molecule has 2 aromatic carbocycles. The van der Waals surface area contributed by atoms with Gasteiger partial charge in [0.05, 0.1) is 16.7 Å². The summed E-state index contributed by atoms with van der Waals surface area (Å²) in [6, 6.07) is 14.0. The average Bonchev–Trinajstić information content (AvgIpc) is 3.13. The summed E-state index contributed by atoms with van der Waals surface area (Å²) < 4.78 is 5.00. The smallest absolute Gasteiger partial charge is 0.308 e. The first kappa shape index (κ1) is 18.9. The molecule has 0 bridgehead atoms. The maximum Gasteiger partial charge on any atom is 0.308 e. The van der Waals surface area contributed by atoms with E-state index >= 15 is 0 Å². The summed E-state index contributed by atoms with van der Waals surface area (Å²) >= 11 is 6.39. The topological polar surface area (TPSA) is 79.2 Å². The van der Waals surface area contributed by atoms with Gasteiger partial charge in [0.25, 0.3) is 0 Å². The third kappa shape index (κ3) is 3.81. The molecule has 0 spiro atoms. The number of nitrogens with zero attached hydrogens (tertiary/aromatic N) is 1. The first-order chi connectivity index (χ1) is 13.0. The van der Waals surface area contributed by atoms with E-state index in [-0.39, 0.29) is 17.2 Å². The number of hydrogen-bond donors (Lipinski definition) is 1. The Morgan fingerprint density at radius 3 is 2.52 bits per heavy atom. The van der Waals surface area contributed by atoms with Gasteiger partial charge in [0.2, 0.25) is 5.91 Å². The molecule has 0 unspecified atom stereocenters.